The lowest BCUT2D eigenvalue weighted by Gasteiger charge is -2.13. The van der Waals surface area contributed by atoms with Gasteiger partial charge in [0.15, 0.2) is 0 Å². The Bertz CT molecular complexity index is 372. The highest BCUT2D eigenvalue weighted by molar-refractivity contribution is 5.90. The molecular formula is C12H17NO2. The maximum atomic E-state index is 11.0. The van der Waals surface area contributed by atoms with Crippen LogP contribution >= 0.6 is 0 Å². The van der Waals surface area contributed by atoms with Gasteiger partial charge in [-0.3, -0.25) is 4.79 Å². The minimum atomic E-state index is -0.114. The molecule has 0 saturated carbocycles. The van der Waals surface area contributed by atoms with Gasteiger partial charge < -0.3 is 10.4 Å². The summed E-state index contributed by atoms with van der Waals surface area (Å²) in [5.41, 5.74) is 2.91. The third kappa shape index (κ3) is 2.72. The van der Waals surface area contributed by atoms with Crippen molar-refractivity contribution >= 4 is 11.6 Å². The van der Waals surface area contributed by atoms with Crippen molar-refractivity contribution in [2.45, 2.75) is 33.6 Å². The number of hydrogen-bond acceptors (Lipinski definition) is 2. The molecule has 0 aliphatic rings. The van der Waals surface area contributed by atoms with Crippen LogP contribution in [0.5, 0.6) is 5.75 Å². The van der Waals surface area contributed by atoms with Crippen molar-refractivity contribution in [2.24, 2.45) is 0 Å². The van der Waals surface area contributed by atoms with E-state index < -0.39 is 0 Å². The summed E-state index contributed by atoms with van der Waals surface area (Å²) in [5.74, 6) is 0.0881. The number of aromatic hydroxyl groups is 1. The fourth-order valence-corrected chi connectivity index (χ4v) is 1.75. The highest BCUT2D eigenvalue weighted by atomic mass is 16.3. The molecule has 1 amide bonds. The number of phenols is 1. The maximum absolute atomic E-state index is 11.0. The van der Waals surface area contributed by atoms with E-state index in [0.29, 0.717) is 0 Å². The number of nitrogens with one attached hydrogen (secondary N) is 1. The lowest BCUT2D eigenvalue weighted by atomic mass is 10.0. The van der Waals surface area contributed by atoms with Gasteiger partial charge in [0.05, 0.1) is 0 Å². The standard InChI is InChI=1S/C12H17NO2/c1-4-9-6-10(15)7-12(11(9)5-2)13-8(3)14/h6-7,15H,4-5H2,1-3H3,(H,13,14). The summed E-state index contributed by atoms with van der Waals surface area (Å²) < 4.78 is 0. The first-order chi connectivity index (χ1) is 7.08. The molecule has 0 aliphatic heterocycles. The first kappa shape index (κ1) is 11.6. The summed E-state index contributed by atoms with van der Waals surface area (Å²) >= 11 is 0. The predicted octanol–water partition coefficient (Wildman–Crippen LogP) is 2.48. The Balaban J connectivity index is 3.22. The summed E-state index contributed by atoms with van der Waals surface area (Å²) in [6.45, 7) is 5.54. The molecule has 1 rings (SSSR count). The summed E-state index contributed by atoms with van der Waals surface area (Å²) in [4.78, 5) is 11.0. The zero-order chi connectivity index (χ0) is 11.4. The predicted molar refractivity (Wildman–Crippen MR) is 61.2 cm³/mol. The van der Waals surface area contributed by atoms with E-state index in [9.17, 15) is 9.90 Å². The zero-order valence-electron chi connectivity index (χ0n) is 9.42. The largest absolute Gasteiger partial charge is 0.508 e. The molecule has 0 bridgehead atoms. The van der Waals surface area contributed by atoms with E-state index in [0.717, 1.165) is 29.7 Å². The molecule has 0 radical (unpaired) electrons. The number of phenolic OH excluding ortho intramolecular Hbond substituents is 1. The van der Waals surface area contributed by atoms with Crippen LogP contribution in [0.15, 0.2) is 12.1 Å². The second-order valence-electron chi connectivity index (χ2n) is 3.52. The number of carbonyl (C=O) groups excluding carboxylic acids is 1. The van der Waals surface area contributed by atoms with E-state index in [1.54, 1.807) is 12.1 Å². The van der Waals surface area contributed by atoms with Gasteiger partial charge in [-0.1, -0.05) is 13.8 Å². The second kappa shape index (κ2) is 4.82. The number of amides is 1. The smallest absolute Gasteiger partial charge is 0.221 e. The van der Waals surface area contributed by atoms with Crippen LogP contribution < -0.4 is 5.32 Å². The average Bonchev–Trinajstić information content (AvgIpc) is 2.15. The molecule has 0 fully saturated rings. The van der Waals surface area contributed by atoms with Crippen LogP contribution in [-0.2, 0) is 17.6 Å². The molecule has 82 valence electrons. The Morgan fingerprint density at radius 3 is 2.47 bits per heavy atom. The normalized spacial score (nSPS) is 10.1. The molecule has 3 nitrogen and oxygen atoms in total. The SMILES string of the molecule is CCc1cc(O)cc(NC(C)=O)c1CC. The van der Waals surface area contributed by atoms with Crippen LogP contribution in [0.3, 0.4) is 0 Å². The molecular weight excluding hydrogens is 190 g/mol. The monoisotopic (exact) mass is 207 g/mol. The van der Waals surface area contributed by atoms with Crippen LogP contribution in [0, 0.1) is 0 Å². The molecule has 0 heterocycles. The first-order valence-corrected chi connectivity index (χ1v) is 5.20. The Labute approximate surface area is 90.1 Å². The third-order valence-electron chi connectivity index (χ3n) is 2.37. The van der Waals surface area contributed by atoms with E-state index in [2.05, 4.69) is 5.32 Å². The van der Waals surface area contributed by atoms with Crippen LogP contribution in [0.4, 0.5) is 5.69 Å². The fourth-order valence-electron chi connectivity index (χ4n) is 1.75. The molecule has 0 atom stereocenters. The highest BCUT2D eigenvalue weighted by Crippen LogP contribution is 2.27. The molecule has 1 aromatic carbocycles. The van der Waals surface area contributed by atoms with Gasteiger partial charge in [-0.2, -0.15) is 0 Å². The Morgan fingerprint density at radius 2 is 2.00 bits per heavy atom. The van der Waals surface area contributed by atoms with E-state index >= 15 is 0 Å². The lowest BCUT2D eigenvalue weighted by Crippen LogP contribution is -2.09. The van der Waals surface area contributed by atoms with E-state index in [1.165, 1.54) is 6.92 Å². The minimum Gasteiger partial charge on any atom is -0.508 e. The Morgan fingerprint density at radius 1 is 1.33 bits per heavy atom. The fraction of sp³-hybridized carbons (Fsp3) is 0.417. The van der Waals surface area contributed by atoms with Crippen LogP contribution in [0.25, 0.3) is 0 Å². The molecule has 2 N–H and O–H groups in total. The lowest BCUT2D eigenvalue weighted by molar-refractivity contribution is -0.114. The second-order valence-corrected chi connectivity index (χ2v) is 3.52. The maximum Gasteiger partial charge on any atom is 0.221 e. The molecule has 0 aliphatic carbocycles. The molecule has 0 saturated heterocycles. The van der Waals surface area contributed by atoms with Crippen molar-refractivity contribution in [3.05, 3.63) is 23.3 Å². The van der Waals surface area contributed by atoms with Crippen molar-refractivity contribution < 1.29 is 9.90 Å². The van der Waals surface area contributed by atoms with Gasteiger partial charge in [0.2, 0.25) is 5.91 Å². The van der Waals surface area contributed by atoms with Crippen molar-refractivity contribution in [1.82, 2.24) is 0 Å². The molecule has 0 unspecified atom stereocenters. The quantitative estimate of drug-likeness (QED) is 0.800. The molecule has 3 heteroatoms. The van der Waals surface area contributed by atoms with Gasteiger partial charge in [0, 0.05) is 18.7 Å². The minimum absolute atomic E-state index is 0.114. The van der Waals surface area contributed by atoms with Gasteiger partial charge in [0.1, 0.15) is 5.75 Å². The van der Waals surface area contributed by atoms with Gasteiger partial charge in [-0.15, -0.1) is 0 Å². The van der Waals surface area contributed by atoms with Crippen LogP contribution in [0.2, 0.25) is 0 Å². The number of carbonyl (C=O) groups is 1. The highest BCUT2D eigenvalue weighted by Gasteiger charge is 2.08. The van der Waals surface area contributed by atoms with E-state index in [-0.39, 0.29) is 11.7 Å². The number of anilines is 1. The molecule has 15 heavy (non-hydrogen) atoms. The third-order valence-corrected chi connectivity index (χ3v) is 2.37. The van der Waals surface area contributed by atoms with Crippen molar-refractivity contribution in [1.29, 1.82) is 0 Å². The first-order valence-electron chi connectivity index (χ1n) is 5.20. The van der Waals surface area contributed by atoms with Crippen LogP contribution in [-0.4, -0.2) is 11.0 Å². The summed E-state index contributed by atoms with van der Waals surface area (Å²) in [7, 11) is 0. The number of aryl methyl sites for hydroxylation is 1. The Kier molecular flexibility index (Phi) is 3.72. The summed E-state index contributed by atoms with van der Waals surface area (Å²) in [6, 6.07) is 3.35. The Hall–Kier alpha value is -1.51. The van der Waals surface area contributed by atoms with E-state index in [4.69, 9.17) is 0 Å². The summed E-state index contributed by atoms with van der Waals surface area (Å²) in [5, 5.41) is 12.2. The topological polar surface area (TPSA) is 49.3 Å². The average molecular weight is 207 g/mol. The van der Waals surface area contributed by atoms with Crippen molar-refractivity contribution in [3.63, 3.8) is 0 Å². The van der Waals surface area contributed by atoms with E-state index in [1.807, 2.05) is 13.8 Å². The van der Waals surface area contributed by atoms with Gasteiger partial charge >= 0.3 is 0 Å². The van der Waals surface area contributed by atoms with Gasteiger partial charge in [-0.05, 0) is 30.0 Å². The molecule has 0 spiro atoms. The van der Waals surface area contributed by atoms with Crippen molar-refractivity contribution in [3.8, 4) is 5.75 Å². The van der Waals surface area contributed by atoms with Gasteiger partial charge in [-0.25, -0.2) is 0 Å². The summed E-state index contributed by atoms with van der Waals surface area (Å²) in [6.07, 6.45) is 1.70. The van der Waals surface area contributed by atoms with Crippen LogP contribution in [0.1, 0.15) is 31.9 Å². The number of rotatable bonds is 3. The number of benzene rings is 1. The molecule has 0 aromatic heterocycles. The van der Waals surface area contributed by atoms with Gasteiger partial charge in [0.25, 0.3) is 0 Å². The number of hydrogen-bond donors (Lipinski definition) is 2. The van der Waals surface area contributed by atoms with Crippen molar-refractivity contribution in [2.75, 3.05) is 5.32 Å². The molecule has 1 aromatic rings. The zero-order valence-corrected chi connectivity index (χ0v) is 9.42.